The van der Waals surface area contributed by atoms with Crippen LogP contribution in [0, 0.1) is 6.92 Å². The molecule has 2 aromatic rings. The number of aryl methyl sites for hydroxylation is 1. The van der Waals surface area contributed by atoms with Gasteiger partial charge in [-0.2, -0.15) is 0 Å². The van der Waals surface area contributed by atoms with Crippen LogP contribution in [0.1, 0.15) is 16.7 Å². The third-order valence-electron chi connectivity index (χ3n) is 4.60. The summed E-state index contributed by atoms with van der Waals surface area (Å²) in [6.45, 7) is 2.99. The van der Waals surface area contributed by atoms with Gasteiger partial charge in [-0.25, -0.2) is 0 Å². The summed E-state index contributed by atoms with van der Waals surface area (Å²) in [5.41, 5.74) is 3.11. The van der Waals surface area contributed by atoms with Crippen molar-refractivity contribution in [3.05, 3.63) is 65.2 Å². The Morgan fingerprint density at radius 3 is 2.48 bits per heavy atom. The van der Waals surface area contributed by atoms with Gasteiger partial charge < -0.3 is 19.7 Å². The van der Waals surface area contributed by atoms with Gasteiger partial charge in [-0.1, -0.05) is 42.0 Å². The molecule has 1 N–H and O–H groups in total. The lowest BCUT2D eigenvalue weighted by molar-refractivity contribution is -0.155. The van der Waals surface area contributed by atoms with E-state index in [-0.39, 0.29) is 25.0 Å². The molecule has 1 atom stereocenters. The van der Waals surface area contributed by atoms with Crippen molar-refractivity contribution in [1.82, 2.24) is 10.2 Å². The molecule has 6 heteroatoms. The van der Waals surface area contributed by atoms with Crippen LogP contribution in [0.2, 0.25) is 0 Å². The van der Waals surface area contributed by atoms with Crippen LogP contribution in [-0.4, -0.2) is 43.1 Å². The summed E-state index contributed by atoms with van der Waals surface area (Å²) in [6, 6.07) is 14.8. The fraction of sp³-hybridized carbons (Fsp3) is 0.333. The highest BCUT2D eigenvalue weighted by Gasteiger charge is 2.33. The minimum absolute atomic E-state index is 0.00209. The molecule has 0 radical (unpaired) electrons. The number of carbonyl (C=O) groups excluding carboxylic acids is 2. The Kier molecular flexibility index (Phi) is 6.08. The normalized spacial score (nSPS) is 16.9. The number of rotatable bonds is 6. The van der Waals surface area contributed by atoms with E-state index >= 15 is 0 Å². The number of hydrogen-bond acceptors (Lipinski definition) is 4. The van der Waals surface area contributed by atoms with Gasteiger partial charge in [-0.3, -0.25) is 9.59 Å². The Morgan fingerprint density at radius 1 is 1.15 bits per heavy atom. The first-order valence-electron chi connectivity index (χ1n) is 8.90. The topological polar surface area (TPSA) is 67.9 Å². The number of carbonyl (C=O) groups is 2. The molecule has 0 bridgehead atoms. The molecule has 1 fully saturated rings. The van der Waals surface area contributed by atoms with Crippen LogP contribution in [0.25, 0.3) is 0 Å². The molecule has 0 aliphatic carbocycles. The van der Waals surface area contributed by atoms with E-state index < -0.39 is 6.04 Å². The predicted molar refractivity (Wildman–Crippen MR) is 101 cm³/mol. The lowest BCUT2D eigenvalue weighted by atomic mass is 10.1. The predicted octanol–water partition coefficient (Wildman–Crippen LogP) is 2.05. The SMILES string of the molecule is COc1ccc(CN2C(=O)COC[C@H]2C(=O)NCc2ccc(C)cc2)cc1. The third kappa shape index (κ3) is 4.86. The smallest absolute Gasteiger partial charge is 0.249 e. The van der Waals surface area contributed by atoms with Crippen molar-refractivity contribution in [2.24, 2.45) is 0 Å². The maximum Gasteiger partial charge on any atom is 0.249 e. The van der Waals surface area contributed by atoms with Gasteiger partial charge in [0.15, 0.2) is 0 Å². The second-order valence-electron chi connectivity index (χ2n) is 6.60. The minimum Gasteiger partial charge on any atom is -0.497 e. The molecule has 0 aromatic heterocycles. The summed E-state index contributed by atoms with van der Waals surface area (Å²) >= 11 is 0. The van der Waals surface area contributed by atoms with Crippen LogP contribution in [-0.2, 0) is 27.4 Å². The minimum atomic E-state index is -0.640. The quantitative estimate of drug-likeness (QED) is 0.847. The van der Waals surface area contributed by atoms with Crippen LogP contribution in [0.15, 0.2) is 48.5 Å². The van der Waals surface area contributed by atoms with Gasteiger partial charge in [-0.05, 0) is 30.2 Å². The zero-order valence-electron chi connectivity index (χ0n) is 15.6. The standard InChI is InChI=1S/C21H24N2O4/c1-15-3-5-16(6-4-15)11-22-21(25)19-13-27-14-20(24)23(19)12-17-7-9-18(26-2)10-8-17/h3-10,19H,11-14H2,1-2H3,(H,22,25)/t19-/m0/s1. The summed E-state index contributed by atoms with van der Waals surface area (Å²) in [5, 5.41) is 2.91. The van der Waals surface area contributed by atoms with Crippen molar-refractivity contribution in [3.8, 4) is 5.75 Å². The van der Waals surface area contributed by atoms with Crippen LogP contribution in [0.3, 0.4) is 0 Å². The van der Waals surface area contributed by atoms with Crippen molar-refractivity contribution < 1.29 is 19.1 Å². The molecular weight excluding hydrogens is 344 g/mol. The highest BCUT2D eigenvalue weighted by Crippen LogP contribution is 2.17. The molecule has 142 valence electrons. The molecule has 1 aliphatic rings. The van der Waals surface area contributed by atoms with Crippen LogP contribution in [0.5, 0.6) is 5.75 Å². The summed E-state index contributed by atoms with van der Waals surface area (Å²) in [7, 11) is 1.61. The average Bonchev–Trinajstić information content (AvgIpc) is 2.69. The molecule has 1 saturated heterocycles. The van der Waals surface area contributed by atoms with E-state index in [1.807, 2.05) is 55.5 Å². The molecule has 1 heterocycles. The van der Waals surface area contributed by atoms with E-state index in [0.717, 1.165) is 16.9 Å². The second kappa shape index (κ2) is 8.68. The summed E-state index contributed by atoms with van der Waals surface area (Å²) in [4.78, 5) is 26.6. The summed E-state index contributed by atoms with van der Waals surface area (Å²) in [6.07, 6.45) is 0. The average molecular weight is 368 g/mol. The summed E-state index contributed by atoms with van der Waals surface area (Å²) < 4.78 is 10.5. The summed E-state index contributed by atoms with van der Waals surface area (Å²) in [5.74, 6) is 0.351. The van der Waals surface area contributed by atoms with Gasteiger partial charge in [0.2, 0.25) is 11.8 Å². The number of morpholine rings is 1. The number of benzene rings is 2. The van der Waals surface area contributed by atoms with E-state index in [2.05, 4.69) is 5.32 Å². The first kappa shape index (κ1) is 18.9. The van der Waals surface area contributed by atoms with Crippen molar-refractivity contribution in [3.63, 3.8) is 0 Å². The van der Waals surface area contributed by atoms with Gasteiger partial charge in [0.05, 0.1) is 13.7 Å². The fourth-order valence-corrected chi connectivity index (χ4v) is 2.96. The molecule has 0 spiro atoms. The Balaban J connectivity index is 1.65. The van der Waals surface area contributed by atoms with E-state index in [0.29, 0.717) is 13.1 Å². The maximum absolute atomic E-state index is 12.7. The van der Waals surface area contributed by atoms with Gasteiger partial charge in [0.1, 0.15) is 18.4 Å². The van der Waals surface area contributed by atoms with Gasteiger partial charge in [-0.15, -0.1) is 0 Å². The number of hydrogen-bond donors (Lipinski definition) is 1. The molecule has 0 saturated carbocycles. The molecule has 3 rings (SSSR count). The largest absolute Gasteiger partial charge is 0.497 e. The highest BCUT2D eigenvalue weighted by molar-refractivity contribution is 5.89. The van der Waals surface area contributed by atoms with Crippen molar-refractivity contribution >= 4 is 11.8 Å². The zero-order valence-corrected chi connectivity index (χ0v) is 15.6. The lowest BCUT2D eigenvalue weighted by Gasteiger charge is -2.34. The van der Waals surface area contributed by atoms with Crippen LogP contribution in [0.4, 0.5) is 0 Å². The van der Waals surface area contributed by atoms with E-state index in [4.69, 9.17) is 9.47 Å². The van der Waals surface area contributed by atoms with Gasteiger partial charge in [0, 0.05) is 13.1 Å². The van der Waals surface area contributed by atoms with Crippen molar-refractivity contribution in [2.45, 2.75) is 26.1 Å². The number of methoxy groups -OCH3 is 1. The number of nitrogens with one attached hydrogen (secondary N) is 1. The number of ether oxygens (including phenoxy) is 2. The van der Waals surface area contributed by atoms with E-state index in [9.17, 15) is 9.59 Å². The highest BCUT2D eigenvalue weighted by atomic mass is 16.5. The van der Waals surface area contributed by atoms with Crippen LogP contribution >= 0.6 is 0 Å². The van der Waals surface area contributed by atoms with Crippen LogP contribution < -0.4 is 10.1 Å². The Labute approximate surface area is 159 Å². The maximum atomic E-state index is 12.7. The molecule has 1 aliphatic heterocycles. The molecule has 0 unspecified atom stereocenters. The molecular formula is C21H24N2O4. The van der Waals surface area contributed by atoms with Crippen molar-refractivity contribution in [2.75, 3.05) is 20.3 Å². The monoisotopic (exact) mass is 368 g/mol. The Hall–Kier alpha value is -2.86. The third-order valence-corrected chi connectivity index (χ3v) is 4.60. The molecule has 6 nitrogen and oxygen atoms in total. The number of nitrogens with zero attached hydrogens (tertiary/aromatic N) is 1. The zero-order chi connectivity index (χ0) is 19.2. The van der Waals surface area contributed by atoms with Gasteiger partial charge >= 0.3 is 0 Å². The fourth-order valence-electron chi connectivity index (χ4n) is 2.96. The molecule has 2 amide bonds. The van der Waals surface area contributed by atoms with E-state index in [1.54, 1.807) is 12.0 Å². The van der Waals surface area contributed by atoms with Gasteiger partial charge in [0.25, 0.3) is 0 Å². The second-order valence-corrected chi connectivity index (χ2v) is 6.60. The molecule has 27 heavy (non-hydrogen) atoms. The van der Waals surface area contributed by atoms with E-state index in [1.165, 1.54) is 5.56 Å². The van der Waals surface area contributed by atoms with Crippen molar-refractivity contribution in [1.29, 1.82) is 0 Å². The Morgan fingerprint density at radius 2 is 1.81 bits per heavy atom. The first-order chi connectivity index (χ1) is 13.1. The number of amides is 2. The Bertz CT molecular complexity index is 787. The lowest BCUT2D eigenvalue weighted by Crippen LogP contribution is -2.55. The molecule has 2 aromatic carbocycles. The first-order valence-corrected chi connectivity index (χ1v) is 8.90.